The van der Waals surface area contributed by atoms with Crippen LogP contribution in [-0.2, 0) is 4.79 Å². The number of anilines is 1. The van der Waals surface area contributed by atoms with E-state index in [1.807, 2.05) is 19.1 Å². The predicted octanol–water partition coefficient (Wildman–Crippen LogP) is 1.89. The van der Waals surface area contributed by atoms with Gasteiger partial charge in [-0.1, -0.05) is 17.4 Å². The summed E-state index contributed by atoms with van der Waals surface area (Å²) >= 11 is 1.34. The minimum absolute atomic E-state index is 0.231. The fraction of sp³-hybridized carbons (Fsp3) is 0.0909. The summed E-state index contributed by atoms with van der Waals surface area (Å²) in [7, 11) is 0. The van der Waals surface area contributed by atoms with Crippen molar-refractivity contribution in [3.63, 3.8) is 0 Å². The number of rotatable bonds is 3. The molecule has 2 heterocycles. The van der Waals surface area contributed by atoms with Crippen LogP contribution in [0.5, 0.6) is 0 Å². The highest BCUT2D eigenvalue weighted by atomic mass is 32.1. The van der Waals surface area contributed by atoms with E-state index in [1.165, 1.54) is 17.4 Å². The fourth-order valence-electron chi connectivity index (χ4n) is 1.14. The van der Waals surface area contributed by atoms with Crippen LogP contribution in [0.15, 0.2) is 30.6 Å². The van der Waals surface area contributed by atoms with Crippen LogP contribution in [0.2, 0.25) is 0 Å². The van der Waals surface area contributed by atoms with Gasteiger partial charge < -0.3 is 0 Å². The molecule has 17 heavy (non-hydrogen) atoms. The van der Waals surface area contributed by atoms with Gasteiger partial charge in [0.2, 0.25) is 11.0 Å². The summed E-state index contributed by atoms with van der Waals surface area (Å²) in [6.07, 6.45) is 6.49. The van der Waals surface area contributed by atoms with Gasteiger partial charge in [0.25, 0.3) is 0 Å². The number of carbonyl (C=O) groups is 1. The molecule has 0 saturated heterocycles. The first-order valence-corrected chi connectivity index (χ1v) is 5.75. The van der Waals surface area contributed by atoms with Crippen LogP contribution in [0.3, 0.4) is 0 Å². The van der Waals surface area contributed by atoms with Gasteiger partial charge in [0.1, 0.15) is 5.01 Å². The van der Waals surface area contributed by atoms with Crippen molar-refractivity contribution < 1.29 is 4.79 Å². The van der Waals surface area contributed by atoms with Crippen molar-refractivity contribution in [2.45, 2.75) is 6.92 Å². The van der Waals surface area contributed by atoms with E-state index in [1.54, 1.807) is 18.5 Å². The molecule has 0 saturated carbocycles. The van der Waals surface area contributed by atoms with Crippen molar-refractivity contribution in [3.8, 4) is 0 Å². The van der Waals surface area contributed by atoms with Crippen molar-refractivity contribution in [2.24, 2.45) is 0 Å². The first-order valence-electron chi connectivity index (χ1n) is 4.93. The Morgan fingerprint density at radius 3 is 3.00 bits per heavy atom. The number of hydrogen-bond donors (Lipinski definition) is 1. The van der Waals surface area contributed by atoms with Crippen LogP contribution >= 0.6 is 11.3 Å². The molecule has 2 aromatic rings. The van der Waals surface area contributed by atoms with Crippen LogP contribution in [0.1, 0.15) is 10.6 Å². The van der Waals surface area contributed by atoms with Gasteiger partial charge in [0.05, 0.1) is 0 Å². The monoisotopic (exact) mass is 246 g/mol. The average molecular weight is 246 g/mol. The number of pyridine rings is 1. The highest BCUT2D eigenvalue weighted by Gasteiger charge is 2.02. The van der Waals surface area contributed by atoms with Crippen LogP contribution in [0.4, 0.5) is 5.13 Å². The van der Waals surface area contributed by atoms with Gasteiger partial charge in [-0.05, 0) is 24.6 Å². The summed E-state index contributed by atoms with van der Waals surface area (Å²) < 4.78 is 0. The number of amides is 1. The van der Waals surface area contributed by atoms with Crippen molar-refractivity contribution in [3.05, 3.63) is 41.2 Å². The highest BCUT2D eigenvalue weighted by Crippen LogP contribution is 2.13. The molecule has 0 aliphatic rings. The van der Waals surface area contributed by atoms with Crippen LogP contribution in [0.25, 0.3) is 6.08 Å². The number of nitrogens with one attached hydrogen (secondary N) is 1. The van der Waals surface area contributed by atoms with Crippen LogP contribution in [-0.4, -0.2) is 21.1 Å². The highest BCUT2D eigenvalue weighted by molar-refractivity contribution is 7.15. The largest absolute Gasteiger partial charge is 0.297 e. The maximum absolute atomic E-state index is 11.5. The van der Waals surface area contributed by atoms with Gasteiger partial charge in [-0.2, -0.15) is 0 Å². The molecule has 2 aromatic heterocycles. The molecule has 0 atom stereocenters. The standard InChI is InChI=1S/C11H10N4OS/c1-8-14-15-11(17-8)13-10(16)5-4-9-3-2-6-12-7-9/h2-7H,1H3,(H,13,15,16)/b5-4+. The molecular weight excluding hydrogens is 236 g/mol. The van der Waals surface area contributed by atoms with Crippen molar-refractivity contribution in [1.82, 2.24) is 15.2 Å². The molecule has 5 nitrogen and oxygen atoms in total. The smallest absolute Gasteiger partial charge is 0.250 e. The number of aromatic nitrogens is 3. The average Bonchev–Trinajstić information content (AvgIpc) is 2.73. The number of carbonyl (C=O) groups excluding carboxylic acids is 1. The predicted molar refractivity (Wildman–Crippen MR) is 66.5 cm³/mol. The molecule has 1 N–H and O–H groups in total. The van der Waals surface area contributed by atoms with Gasteiger partial charge in [-0.3, -0.25) is 15.1 Å². The minimum Gasteiger partial charge on any atom is -0.297 e. The van der Waals surface area contributed by atoms with Gasteiger partial charge >= 0.3 is 0 Å². The maximum atomic E-state index is 11.5. The lowest BCUT2D eigenvalue weighted by atomic mass is 10.2. The summed E-state index contributed by atoms with van der Waals surface area (Å²) in [6, 6.07) is 3.68. The Bertz CT molecular complexity index is 535. The van der Waals surface area contributed by atoms with Gasteiger partial charge in [-0.25, -0.2) is 0 Å². The van der Waals surface area contributed by atoms with Crippen molar-refractivity contribution >= 4 is 28.5 Å². The Morgan fingerprint density at radius 1 is 1.47 bits per heavy atom. The summed E-state index contributed by atoms with van der Waals surface area (Å²) in [4.78, 5) is 15.5. The lowest BCUT2D eigenvalue weighted by molar-refractivity contribution is -0.111. The quantitative estimate of drug-likeness (QED) is 0.840. The van der Waals surface area contributed by atoms with E-state index < -0.39 is 0 Å². The van der Waals surface area contributed by atoms with Crippen molar-refractivity contribution in [1.29, 1.82) is 0 Å². The van der Waals surface area contributed by atoms with Gasteiger partial charge in [0.15, 0.2) is 0 Å². The third-order valence-electron chi connectivity index (χ3n) is 1.87. The first kappa shape index (κ1) is 11.4. The first-order chi connectivity index (χ1) is 8.24. The van der Waals surface area contributed by atoms with Gasteiger partial charge in [-0.15, -0.1) is 10.2 Å². The minimum atomic E-state index is -0.231. The molecule has 0 fully saturated rings. The second-order valence-electron chi connectivity index (χ2n) is 3.24. The zero-order valence-corrected chi connectivity index (χ0v) is 9.94. The summed E-state index contributed by atoms with van der Waals surface area (Å²) in [6.45, 7) is 1.83. The summed E-state index contributed by atoms with van der Waals surface area (Å²) in [5.41, 5.74) is 0.871. The van der Waals surface area contributed by atoms with E-state index in [-0.39, 0.29) is 5.91 Å². The topological polar surface area (TPSA) is 67.8 Å². The normalized spacial score (nSPS) is 10.6. The van der Waals surface area contributed by atoms with E-state index in [0.29, 0.717) is 5.13 Å². The summed E-state index contributed by atoms with van der Waals surface area (Å²) in [5.74, 6) is -0.231. The molecule has 0 radical (unpaired) electrons. The van der Waals surface area contributed by atoms with Crippen LogP contribution < -0.4 is 5.32 Å². The SMILES string of the molecule is Cc1nnc(NC(=O)/C=C/c2cccnc2)s1. The molecule has 2 rings (SSSR count). The van der Waals surface area contributed by atoms with E-state index >= 15 is 0 Å². The molecule has 0 aliphatic carbocycles. The Hall–Kier alpha value is -2.08. The third-order valence-corrected chi connectivity index (χ3v) is 2.62. The van der Waals surface area contributed by atoms with Crippen molar-refractivity contribution in [2.75, 3.05) is 5.32 Å². The van der Waals surface area contributed by atoms with Gasteiger partial charge in [0, 0.05) is 18.5 Å². The molecule has 0 unspecified atom stereocenters. The molecule has 0 spiro atoms. The molecule has 1 amide bonds. The van der Waals surface area contributed by atoms with E-state index in [4.69, 9.17) is 0 Å². The zero-order chi connectivity index (χ0) is 12.1. The van der Waals surface area contributed by atoms with E-state index in [2.05, 4.69) is 20.5 Å². The molecule has 0 bridgehead atoms. The van der Waals surface area contributed by atoms with E-state index in [0.717, 1.165) is 10.6 Å². The molecule has 86 valence electrons. The second kappa shape index (κ2) is 5.31. The lowest BCUT2D eigenvalue weighted by Crippen LogP contribution is -2.07. The van der Waals surface area contributed by atoms with Crippen LogP contribution in [0, 0.1) is 6.92 Å². The zero-order valence-electron chi connectivity index (χ0n) is 9.12. The Labute approximate surface area is 102 Å². The number of nitrogens with zero attached hydrogens (tertiary/aromatic N) is 3. The number of aryl methyl sites for hydroxylation is 1. The maximum Gasteiger partial charge on any atom is 0.250 e. The Kier molecular flexibility index (Phi) is 3.56. The molecule has 0 aromatic carbocycles. The molecule has 6 heteroatoms. The lowest BCUT2D eigenvalue weighted by Gasteiger charge is -1.94. The Morgan fingerprint density at radius 2 is 2.35 bits per heavy atom. The molecule has 0 aliphatic heterocycles. The fourth-order valence-corrected chi connectivity index (χ4v) is 1.74. The number of hydrogen-bond acceptors (Lipinski definition) is 5. The molecular formula is C11H10N4OS. The van der Waals surface area contributed by atoms with E-state index in [9.17, 15) is 4.79 Å². The Balaban J connectivity index is 1.96. The summed E-state index contributed by atoms with van der Waals surface area (Å²) in [5, 5.41) is 11.6. The third kappa shape index (κ3) is 3.46. The second-order valence-corrected chi connectivity index (χ2v) is 4.42.